The molecule has 0 saturated heterocycles. The highest BCUT2D eigenvalue weighted by molar-refractivity contribution is 6.35. The number of carboxylic acid groups (broad SMARTS) is 1. The lowest BCUT2D eigenvalue weighted by Gasteiger charge is -2.25. The van der Waals surface area contributed by atoms with Gasteiger partial charge in [-0.1, -0.05) is 55.8 Å². The minimum absolute atomic E-state index is 0.00662. The Morgan fingerprint density at radius 2 is 1.77 bits per heavy atom. The second-order valence-corrected chi connectivity index (χ2v) is 6.88. The van der Waals surface area contributed by atoms with Crippen molar-refractivity contribution in [2.75, 3.05) is 0 Å². The fourth-order valence-electron chi connectivity index (χ4n) is 3.11. The van der Waals surface area contributed by atoms with E-state index in [1.54, 1.807) is 42.5 Å². The Bertz CT molecular complexity index is 1040. The van der Waals surface area contributed by atoms with Crippen molar-refractivity contribution < 1.29 is 9.90 Å². The van der Waals surface area contributed by atoms with Crippen LogP contribution >= 0.6 is 11.6 Å². The Kier molecular flexibility index (Phi) is 4.85. The maximum absolute atomic E-state index is 13.3. The normalized spacial score (nSPS) is 12.5. The zero-order chi connectivity index (χ0) is 19.0. The number of nitrogens with two attached hydrogens (primary N) is 1. The molecule has 1 aromatic heterocycles. The first-order valence-electron chi connectivity index (χ1n) is 8.26. The van der Waals surface area contributed by atoms with Gasteiger partial charge in [-0.05, 0) is 24.1 Å². The molecule has 134 valence electrons. The van der Waals surface area contributed by atoms with Crippen molar-refractivity contribution in [1.82, 2.24) is 4.57 Å². The molecular formula is C20H19ClN2O3. The van der Waals surface area contributed by atoms with E-state index in [2.05, 4.69) is 0 Å². The van der Waals surface area contributed by atoms with Crippen LogP contribution in [0.3, 0.4) is 0 Å². The molecule has 0 spiro atoms. The van der Waals surface area contributed by atoms with Crippen LogP contribution < -0.4 is 11.3 Å². The number of aromatic nitrogens is 1. The van der Waals surface area contributed by atoms with Gasteiger partial charge in [0, 0.05) is 17.1 Å². The molecule has 1 atom stereocenters. The number of hydrogen-bond donors (Lipinski definition) is 2. The van der Waals surface area contributed by atoms with Crippen molar-refractivity contribution in [2.45, 2.75) is 19.9 Å². The minimum Gasteiger partial charge on any atom is -0.478 e. The molecule has 3 aromatic rings. The first-order chi connectivity index (χ1) is 12.3. The number of carboxylic acids is 1. The topological polar surface area (TPSA) is 85.3 Å². The Labute approximate surface area is 155 Å². The van der Waals surface area contributed by atoms with Gasteiger partial charge >= 0.3 is 5.97 Å². The van der Waals surface area contributed by atoms with Crippen molar-refractivity contribution >= 4 is 28.3 Å². The van der Waals surface area contributed by atoms with Gasteiger partial charge in [0.25, 0.3) is 5.56 Å². The number of carbonyl (C=O) groups is 1. The lowest BCUT2D eigenvalue weighted by Crippen LogP contribution is -2.32. The van der Waals surface area contributed by atoms with E-state index >= 15 is 0 Å². The van der Waals surface area contributed by atoms with E-state index in [9.17, 15) is 14.7 Å². The highest BCUT2D eigenvalue weighted by atomic mass is 35.5. The summed E-state index contributed by atoms with van der Waals surface area (Å²) in [6, 6.07) is 13.0. The summed E-state index contributed by atoms with van der Waals surface area (Å²) >= 11 is 6.26. The third-order valence-corrected chi connectivity index (χ3v) is 4.77. The SMILES string of the molecule is CC(C)C(N)c1c(C(=O)O)c2cccc(Cl)c2c(=O)n1-c1ccccc1. The maximum Gasteiger partial charge on any atom is 0.338 e. The second kappa shape index (κ2) is 6.94. The molecule has 0 bridgehead atoms. The lowest BCUT2D eigenvalue weighted by molar-refractivity contribution is 0.0696. The summed E-state index contributed by atoms with van der Waals surface area (Å²) in [4.78, 5) is 25.5. The molecule has 0 aliphatic carbocycles. The summed E-state index contributed by atoms with van der Waals surface area (Å²) < 4.78 is 1.38. The summed E-state index contributed by atoms with van der Waals surface area (Å²) in [5.74, 6) is -1.22. The Hall–Kier alpha value is -2.63. The molecule has 0 aliphatic heterocycles. The van der Waals surface area contributed by atoms with Crippen LogP contribution in [0.4, 0.5) is 0 Å². The first kappa shape index (κ1) is 18.2. The van der Waals surface area contributed by atoms with E-state index in [0.717, 1.165) is 0 Å². The maximum atomic E-state index is 13.3. The Morgan fingerprint density at radius 3 is 2.35 bits per heavy atom. The average Bonchev–Trinajstić information content (AvgIpc) is 2.61. The fourth-order valence-corrected chi connectivity index (χ4v) is 3.37. The molecule has 0 fully saturated rings. The van der Waals surface area contributed by atoms with Crippen LogP contribution in [-0.4, -0.2) is 15.6 Å². The monoisotopic (exact) mass is 370 g/mol. The third-order valence-electron chi connectivity index (χ3n) is 4.46. The summed E-state index contributed by atoms with van der Waals surface area (Å²) in [6.45, 7) is 3.77. The first-order valence-corrected chi connectivity index (χ1v) is 8.63. The molecule has 2 aromatic carbocycles. The Morgan fingerprint density at radius 1 is 1.12 bits per heavy atom. The van der Waals surface area contributed by atoms with Crippen LogP contribution in [0.1, 0.15) is 35.9 Å². The summed E-state index contributed by atoms with van der Waals surface area (Å²) in [5, 5.41) is 10.6. The van der Waals surface area contributed by atoms with Gasteiger partial charge in [-0.15, -0.1) is 0 Å². The van der Waals surface area contributed by atoms with Crippen molar-refractivity contribution in [2.24, 2.45) is 11.7 Å². The largest absolute Gasteiger partial charge is 0.478 e. The number of aromatic carboxylic acids is 1. The molecule has 0 radical (unpaired) electrons. The molecule has 1 heterocycles. The number of nitrogens with zero attached hydrogens (tertiary/aromatic N) is 1. The number of pyridine rings is 1. The van der Waals surface area contributed by atoms with E-state index < -0.39 is 12.0 Å². The van der Waals surface area contributed by atoms with Crippen LogP contribution in [0, 0.1) is 5.92 Å². The van der Waals surface area contributed by atoms with E-state index in [1.165, 1.54) is 4.57 Å². The molecule has 5 nitrogen and oxygen atoms in total. The molecule has 1 unspecified atom stereocenters. The van der Waals surface area contributed by atoms with Gasteiger partial charge in [-0.2, -0.15) is 0 Å². The third kappa shape index (κ3) is 2.89. The molecule has 26 heavy (non-hydrogen) atoms. The number of fused-ring (bicyclic) bond motifs is 1. The molecule has 0 aliphatic rings. The second-order valence-electron chi connectivity index (χ2n) is 6.47. The highest BCUT2D eigenvalue weighted by Crippen LogP contribution is 2.31. The van der Waals surface area contributed by atoms with Crippen molar-refractivity contribution in [3.63, 3.8) is 0 Å². The molecule has 0 amide bonds. The van der Waals surface area contributed by atoms with Crippen LogP contribution in [0.2, 0.25) is 5.02 Å². The van der Waals surface area contributed by atoms with Crippen molar-refractivity contribution in [1.29, 1.82) is 0 Å². The number of hydrogen-bond acceptors (Lipinski definition) is 3. The van der Waals surface area contributed by atoms with Crippen LogP contribution in [-0.2, 0) is 0 Å². The smallest absolute Gasteiger partial charge is 0.338 e. The zero-order valence-electron chi connectivity index (χ0n) is 14.4. The van der Waals surface area contributed by atoms with E-state index in [-0.39, 0.29) is 33.1 Å². The fraction of sp³-hybridized carbons (Fsp3) is 0.200. The van der Waals surface area contributed by atoms with Gasteiger partial charge in [0.2, 0.25) is 0 Å². The predicted octanol–water partition coefficient (Wildman–Crippen LogP) is 4.00. The Balaban J connectivity index is 2.61. The van der Waals surface area contributed by atoms with Gasteiger partial charge in [-0.3, -0.25) is 9.36 Å². The van der Waals surface area contributed by atoms with Gasteiger partial charge in [0.1, 0.15) is 0 Å². The lowest BCUT2D eigenvalue weighted by atomic mass is 9.93. The van der Waals surface area contributed by atoms with E-state index in [4.69, 9.17) is 17.3 Å². The molecule has 3 rings (SSSR count). The minimum atomic E-state index is -1.15. The van der Waals surface area contributed by atoms with Crippen molar-refractivity contribution in [3.05, 3.63) is 75.2 Å². The number of para-hydroxylation sites is 1. The number of halogens is 1. The van der Waals surface area contributed by atoms with Crippen molar-refractivity contribution in [3.8, 4) is 5.69 Å². The summed E-state index contributed by atoms with van der Waals surface area (Å²) in [7, 11) is 0. The standard InChI is InChI=1S/C20H19ClN2O3/c1-11(2)17(22)18-16(20(25)26)13-9-6-10-14(21)15(13)19(24)23(18)12-7-4-3-5-8-12/h3-11,17H,22H2,1-2H3,(H,25,26). The zero-order valence-corrected chi connectivity index (χ0v) is 15.2. The molecule has 0 saturated carbocycles. The predicted molar refractivity (Wildman–Crippen MR) is 103 cm³/mol. The number of rotatable bonds is 4. The van der Waals surface area contributed by atoms with E-state index in [1.807, 2.05) is 19.9 Å². The number of benzene rings is 2. The van der Waals surface area contributed by atoms with Crippen LogP contribution in [0.25, 0.3) is 16.5 Å². The van der Waals surface area contributed by atoms with Gasteiger partial charge in [0.05, 0.1) is 21.7 Å². The van der Waals surface area contributed by atoms with Gasteiger partial charge < -0.3 is 10.8 Å². The van der Waals surface area contributed by atoms with Crippen LogP contribution in [0.15, 0.2) is 53.3 Å². The van der Waals surface area contributed by atoms with Gasteiger partial charge in [0.15, 0.2) is 0 Å². The summed E-state index contributed by atoms with van der Waals surface area (Å²) in [6.07, 6.45) is 0. The molecular weight excluding hydrogens is 352 g/mol. The van der Waals surface area contributed by atoms with Crippen LogP contribution in [0.5, 0.6) is 0 Å². The summed E-state index contributed by atoms with van der Waals surface area (Å²) in [5.41, 5.74) is 6.81. The molecule has 6 heteroatoms. The average molecular weight is 371 g/mol. The molecule has 3 N–H and O–H groups in total. The quantitative estimate of drug-likeness (QED) is 0.726. The highest BCUT2D eigenvalue weighted by Gasteiger charge is 2.28. The van der Waals surface area contributed by atoms with Gasteiger partial charge in [-0.25, -0.2) is 4.79 Å². The van der Waals surface area contributed by atoms with E-state index in [0.29, 0.717) is 11.1 Å².